The van der Waals surface area contributed by atoms with Gasteiger partial charge in [0.1, 0.15) is 5.82 Å². The molecule has 4 rings (SSSR count). The van der Waals surface area contributed by atoms with Gasteiger partial charge in [0.25, 0.3) is 0 Å². The van der Waals surface area contributed by atoms with Gasteiger partial charge in [-0.1, -0.05) is 0 Å². The molecule has 1 aromatic carbocycles. The third kappa shape index (κ3) is 2.87. The number of anilines is 1. The first-order chi connectivity index (χ1) is 13.8. The van der Waals surface area contributed by atoms with Crippen LogP contribution in [0.15, 0.2) is 18.3 Å². The Kier molecular flexibility index (Phi) is 4.74. The predicted molar refractivity (Wildman–Crippen MR) is 124 cm³/mol. The first-order valence-electron chi connectivity index (χ1n) is 9.96. The number of thiazole rings is 1. The third-order valence-corrected chi connectivity index (χ3v) is 7.52. The molecule has 4 aromatic rings. The Balaban J connectivity index is 2.15. The summed E-state index contributed by atoms with van der Waals surface area (Å²) in [6.45, 7) is 15.5. The molecule has 0 amide bonds. The summed E-state index contributed by atoms with van der Waals surface area (Å²) in [6.07, 6.45) is 1.87. The number of nitrogens with one attached hydrogen (secondary N) is 1. The van der Waals surface area contributed by atoms with Crippen molar-refractivity contribution in [1.29, 1.82) is 0 Å². The van der Waals surface area contributed by atoms with Crippen molar-refractivity contribution in [3.63, 3.8) is 0 Å². The van der Waals surface area contributed by atoms with Gasteiger partial charge in [-0.2, -0.15) is 0 Å². The lowest BCUT2D eigenvalue weighted by Gasteiger charge is -2.19. The molecule has 0 atom stereocenters. The Morgan fingerprint density at radius 1 is 0.897 bits per heavy atom. The van der Waals surface area contributed by atoms with Gasteiger partial charge in [-0.3, -0.25) is 4.40 Å². The van der Waals surface area contributed by atoms with E-state index in [0.717, 1.165) is 27.7 Å². The Labute approximate surface area is 176 Å². The monoisotopic (exact) mass is 404 g/mol. The van der Waals surface area contributed by atoms with E-state index in [0.29, 0.717) is 0 Å². The van der Waals surface area contributed by atoms with Crippen LogP contribution >= 0.6 is 11.3 Å². The van der Waals surface area contributed by atoms with E-state index in [1.807, 2.05) is 13.2 Å². The topological polar surface area (TPSA) is 42.2 Å². The van der Waals surface area contributed by atoms with Crippen molar-refractivity contribution >= 4 is 22.1 Å². The molecular weight excluding hydrogens is 376 g/mol. The van der Waals surface area contributed by atoms with E-state index in [4.69, 9.17) is 4.98 Å². The predicted octanol–water partition coefficient (Wildman–Crippen LogP) is 6.33. The average molecular weight is 405 g/mol. The largest absolute Gasteiger partial charge is 0.373 e. The van der Waals surface area contributed by atoms with Crippen LogP contribution in [0.2, 0.25) is 0 Å². The van der Waals surface area contributed by atoms with Gasteiger partial charge < -0.3 is 5.32 Å². The molecule has 0 aliphatic rings. The van der Waals surface area contributed by atoms with Crippen LogP contribution in [0, 0.1) is 48.5 Å². The summed E-state index contributed by atoms with van der Waals surface area (Å²) in [5, 5.41) is 3.17. The number of hydrogen-bond donors (Lipinski definition) is 1. The third-order valence-electron chi connectivity index (χ3n) is 6.46. The Bertz CT molecular complexity index is 1230. The molecule has 0 unspecified atom stereocenters. The molecule has 0 aliphatic heterocycles. The van der Waals surface area contributed by atoms with Crippen molar-refractivity contribution < 1.29 is 0 Å². The lowest BCUT2D eigenvalue weighted by Crippen LogP contribution is -2.01. The molecule has 0 spiro atoms. The van der Waals surface area contributed by atoms with E-state index < -0.39 is 0 Å². The second-order valence-electron chi connectivity index (χ2n) is 7.85. The van der Waals surface area contributed by atoms with Gasteiger partial charge in [-0.25, -0.2) is 9.97 Å². The number of aromatic nitrogens is 3. The van der Waals surface area contributed by atoms with Crippen LogP contribution in [0.5, 0.6) is 0 Å². The van der Waals surface area contributed by atoms with E-state index in [2.05, 4.69) is 75.3 Å². The molecule has 0 fully saturated rings. The fourth-order valence-corrected chi connectivity index (χ4v) is 5.13. The summed E-state index contributed by atoms with van der Waals surface area (Å²) >= 11 is 1.76. The second kappa shape index (κ2) is 6.99. The molecule has 0 bridgehead atoms. The maximum absolute atomic E-state index is 5.17. The SMILES string of the molecule is CNc1cc(-c2c(-c3c(C)c(C)c(C)c(C)c3C)nc3sc(C)c(C)n23)ccn1. The van der Waals surface area contributed by atoms with E-state index in [1.165, 1.54) is 44.0 Å². The number of pyridine rings is 1. The van der Waals surface area contributed by atoms with E-state index in [-0.39, 0.29) is 0 Å². The molecule has 0 saturated heterocycles. The summed E-state index contributed by atoms with van der Waals surface area (Å²) in [4.78, 5) is 11.9. The fourth-order valence-electron chi connectivity index (χ4n) is 4.16. The van der Waals surface area contributed by atoms with Crippen molar-refractivity contribution in [3.05, 3.63) is 56.7 Å². The summed E-state index contributed by atoms with van der Waals surface area (Å²) in [5.74, 6) is 0.859. The fraction of sp³-hybridized carbons (Fsp3) is 0.333. The van der Waals surface area contributed by atoms with Crippen LogP contribution in [0.3, 0.4) is 0 Å². The summed E-state index contributed by atoms with van der Waals surface area (Å²) < 4.78 is 2.31. The van der Waals surface area contributed by atoms with Crippen LogP contribution in [-0.4, -0.2) is 21.4 Å². The first kappa shape index (κ1) is 19.6. The van der Waals surface area contributed by atoms with Crippen LogP contribution < -0.4 is 5.32 Å². The zero-order chi connectivity index (χ0) is 21.0. The maximum Gasteiger partial charge on any atom is 0.195 e. The van der Waals surface area contributed by atoms with E-state index >= 15 is 0 Å². The summed E-state index contributed by atoms with van der Waals surface area (Å²) in [5.41, 5.74) is 12.6. The molecule has 0 saturated carbocycles. The minimum absolute atomic E-state index is 0.859. The average Bonchev–Trinajstić information content (AvgIpc) is 3.21. The molecule has 0 radical (unpaired) electrons. The number of fused-ring (bicyclic) bond motifs is 1. The highest BCUT2D eigenvalue weighted by Gasteiger charge is 2.24. The number of imidazole rings is 1. The number of rotatable bonds is 3. The first-order valence-corrected chi connectivity index (χ1v) is 10.8. The number of benzene rings is 1. The highest BCUT2D eigenvalue weighted by atomic mass is 32.1. The molecule has 0 aliphatic carbocycles. The Morgan fingerprint density at radius 2 is 1.52 bits per heavy atom. The molecule has 1 N–H and O–H groups in total. The van der Waals surface area contributed by atoms with Crippen LogP contribution in [-0.2, 0) is 0 Å². The molecule has 3 aromatic heterocycles. The lowest BCUT2D eigenvalue weighted by molar-refractivity contribution is 1.11. The molecule has 3 heterocycles. The van der Waals surface area contributed by atoms with E-state index in [1.54, 1.807) is 11.3 Å². The van der Waals surface area contributed by atoms with Crippen molar-refractivity contribution in [1.82, 2.24) is 14.4 Å². The van der Waals surface area contributed by atoms with Crippen molar-refractivity contribution in [2.75, 3.05) is 12.4 Å². The minimum Gasteiger partial charge on any atom is -0.373 e. The van der Waals surface area contributed by atoms with E-state index in [9.17, 15) is 0 Å². The van der Waals surface area contributed by atoms with Crippen molar-refractivity contribution in [3.8, 4) is 22.5 Å². The van der Waals surface area contributed by atoms with Crippen LogP contribution in [0.4, 0.5) is 5.82 Å². The number of aryl methyl sites for hydroxylation is 2. The lowest BCUT2D eigenvalue weighted by atomic mass is 9.87. The highest BCUT2D eigenvalue weighted by Crippen LogP contribution is 2.41. The van der Waals surface area contributed by atoms with Gasteiger partial charge in [0.05, 0.1) is 11.4 Å². The Hall–Kier alpha value is -2.66. The molecule has 150 valence electrons. The molecule has 29 heavy (non-hydrogen) atoms. The number of hydrogen-bond acceptors (Lipinski definition) is 4. The quantitative estimate of drug-likeness (QED) is 0.434. The smallest absolute Gasteiger partial charge is 0.195 e. The van der Waals surface area contributed by atoms with Gasteiger partial charge in [0.15, 0.2) is 4.96 Å². The Morgan fingerprint density at radius 3 is 2.14 bits per heavy atom. The second-order valence-corrected chi connectivity index (χ2v) is 9.03. The zero-order valence-electron chi connectivity index (χ0n) is 18.5. The van der Waals surface area contributed by atoms with Crippen molar-refractivity contribution in [2.24, 2.45) is 0 Å². The maximum atomic E-state index is 5.17. The van der Waals surface area contributed by atoms with Gasteiger partial charge in [0, 0.05) is 34.9 Å². The summed E-state index contributed by atoms with van der Waals surface area (Å²) in [6, 6.07) is 4.19. The van der Waals surface area contributed by atoms with Crippen molar-refractivity contribution in [2.45, 2.75) is 48.5 Å². The molecule has 5 heteroatoms. The summed E-state index contributed by atoms with van der Waals surface area (Å²) in [7, 11) is 1.90. The van der Waals surface area contributed by atoms with Gasteiger partial charge in [-0.15, -0.1) is 11.3 Å². The molecule has 4 nitrogen and oxygen atoms in total. The van der Waals surface area contributed by atoms with Gasteiger partial charge in [0.2, 0.25) is 0 Å². The van der Waals surface area contributed by atoms with Gasteiger partial charge >= 0.3 is 0 Å². The van der Waals surface area contributed by atoms with Crippen LogP contribution in [0.25, 0.3) is 27.5 Å². The zero-order valence-corrected chi connectivity index (χ0v) is 19.3. The molecular formula is C24H28N4S. The highest BCUT2D eigenvalue weighted by molar-refractivity contribution is 7.17. The normalized spacial score (nSPS) is 11.4. The number of nitrogens with zero attached hydrogens (tertiary/aromatic N) is 3. The van der Waals surface area contributed by atoms with Gasteiger partial charge in [-0.05, 0) is 88.4 Å². The standard InChI is InChI=1S/C24H28N4S/c1-12-13(2)15(4)21(16(5)14(12)3)22-23(19-9-10-26-20(11-19)25-8)28-17(6)18(7)29-24(28)27-22/h9-11H,1-8H3,(H,25,26). The van der Waals surface area contributed by atoms with Crippen LogP contribution in [0.1, 0.15) is 38.4 Å². The minimum atomic E-state index is 0.859.